The molecule has 1 aliphatic heterocycles. The van der Waals surface area contributed by atoms with Gasteiger partial charge in [-0.1, -0.05) is 0 Å². The Labute approximate surface area is 104 Å². The fourth-order valence-corrected chi connectivity index (χ4v) is 3.10. The fourth-order valence-electron chi connectivity index (χ4n) is 1.61. The molecule has 0 bridgehead atoms. The molecule has 1 aliphatic rings. The number of urea groups is 1. The van der Waals surface area contributed by atoms with Crippen molar-refractivity contribution >= 4 is 21.8 Å². The lowest BCUT2D eigenvalue weighted by Crippen LogP contribution is -2.51. The van der Waals surface area contributed by atoms with Crippen LogP contribution in [0.4, 0.5) is 4.79 Å². The molecule has 1 atom stereocenters. The van der Waals surface area contributed by atoms with Crippen LogP contribution in [0.1, 0.15) is 12.8 Å². The van der Waals surface area contributed by atoms with Crippen molar-refractivity contribution in [2.75, 3.05) is 18.1 Å². The maximum Gasteiger partial charge on any atom is 0.328 e. The van der Waals surface area contributed by atoms with Gasteiger partial charge in [0.05, 0.1) is 18.1 Å². The van der Waals surface area contributed by atoms with Crippen LogP contribution in [0.15, 0.2) is 0 Å². The van der Waals surface area contributed by atoms with E-state index in [9.17, 15) is 18.0 Å². The molecule has 9 heteroatoms. The molecule has 0 saturated carbocycles. The zero-order valence-electron chi connectivity index (χ0n) is 9.63. The van der Waals surface area contributed by atoms with E-state index in [0.717, 1.165) is 0 Å². The van der Waals surface area contributed by atoms with Crippen LogP contribution >= 0.6 is 0 Å². The van der Waals surface area contributed by atoms with Crippen molar-refractivity contribution in [2.24, 2.45) is 0 Å². The Hall–Kier alpha value is -1.35. The van der Waals surface area contributed by atoms with Crippen molar-refractivity contribution in [3.63, 3.8) is 0 Å². The van der Waals surface area contributed by atoms with Crippen molar-refractivity contribution in [1.29, 1.82) is 0 Å². The predicted molar refractivity (Wildman–Crippen MR) is 61.9 cm³/mol. The third-order valence-corrected chi connectivity index (χ3v) is 4.39. The summed E-state index contributed by atoms with van der Waals surface area (Å²) < 4.78 is 22.3. The van der Waals surface area contributed by atoms with Crippen LogP contribution < -0.4 is 10.6 Å². The predicted octanol–water partition coefficient (Wildman–Crippen LogP) is -1.69. The molecule has 0 aromatic carbocycles. The molecule has 4 N–H and O–H groups in total. The first-order chi connectivity index (χ1) is 8.34. The standard InChI is InChI=1S/C9H16N2O6S/c12-5-7(8(13)14)11-9(15)10-6-1-3-18(16,17)4-2-6/h6-7,12H,1-5H2,(H,13,14)(H2,10,11,15)/t7-/m0/s1. The highest BCUT2D eigenvalue weighted by Crippen LogP contribution is 2.11. The zero-order chi connectivity index (χ0) is 13.8. The number of carboxylic acid groups (broad SMARTS) is 1. The number of amides is 2. The van der Waals surface area contributed by atoms with E-state index in [-0.39, 0.29) is 17.5 Å². The molecule has 1 fully saturated rings. The topological polar surface area (TPSA) is 133 Å². The van der Waals surface area contributed by atoms with Gasteiger partial charge in [0.1, 0.15) is 9.84 Å². The second-order valence-corrected chi connectivity index (χ2v) is 6.42. The van der Waals surface area contributed by atoms with Gasteiger partial charge in [0.25, 0.3) is 0 Å². The van der Waals surface area contributed by atoms with Crippen molar-refractivity contribution in [3.8, 4) is 0 Å². The van der Waals surface area contributed by atoms with Crippen LogP contribution in [0.2, 0.25) is 0 Å². The molecule has 1 heterocycles. The smallest absolute Gasteiger partial charge is 0.328 e. The molecule has 1 rings (SSSR count). The van der Waals surface area contributed by atoms with Gasteiger partial charge in [0.2, 0.25) is 0 Å². The number of nitrogens with one attached hydrogen (secondary N) is 2. The maximum atomic E-state index is 11.4. The lowest BCUT2D eigenvalue weighted by atomic mass is 10.1. The van der Waals surface area contributed by atoms with E-state index in [1.807, 2.05) is 0 Å². The third kappa shape index (κ3) is 4.49. The average molecular weight is 280 g/mol. The Balaban J connectivity index is 2.39. The molecule has 0 radical (unpaired) electrons. The second-order valence-electron chi connectivity index (χ2n) is 4.12. The normalized spacial score (nSPS) is 20.9. The Morgan fingerprint density at radius 2 is 1.83 bits per heavy atom. The van der Waals surface area contributed by atoms with Gasteiger partial charge in [-0.05, 0) is 12.8 Å². The number of rotatable bonds is 4. The van der Waals surface area contributed by atoms with Crippen molar-refractivity contribution in [3.05, 3.63) is 0 Å². The molecule has 18 heavy (non-hydrogen) atoms. The summed E-state index contributed by atoms with van der Waals surface area (Å²) in [6.45, 7) is -0.707. The number of aliphatic hydroxyl groups is 1. The molecule has 0 spiro atoms. The number of aliphatic carboxylic acids is 1. The first-order valence-electron chi connectivity index (χ1n) is 5.45. The summed E-state index contributed by atoms with van der Waals surface area (Å²) in [6, 6.07) is -2.38. The van der Waals surface area contributed by atoms with Gasteiger partial charge in [-0.15, -0.1) is 0 Å². The Bertz CT molecular complexity index is 407. The number of hydrogen-bond donors (Lipinski definition) is 4. The number of carboxylic acids is 1. The van der Waals surface area contributed by atoms with Gasteiger partial charge in [-0.3, -0.25) is 0 Å². The molecule has 0 aromatic rings. The highest BCUT2D eigenvalue weighted by molar-refractivity contribution is 7.91. The SMILES string of the molecule is O=C(NC1CCS(=O)(=O)CC1)N[C@@H](CO)C(=O)O. The highest BCUT2D eigenvalue weighted by atomic mass is 32.2. The van der Waals surface area contributed by atoms with Crippen LogP contribution in [-0.2, 0) is 14.6 Å². The van der Waals surface area contributed by atoms with Crippen LogP contribution in [0.3, 0.4) is 0 Å². The zero-order valence-corrected chi connectivity index (χ0v) is 10.4. The van der Waals surface area contributed by atoms with Crippen molar-refractivity contribution < 1.29 is 28.2 Å². The van der Waals surface area contributed by atoms with Gasteiger partial charge in [0.15, 0.2) is 6.04 Å². The number of aliphatic hydroxyl groups excluding tert-OH is 1. The number of carbonyl (C=O) groups is 2. The van der Waals surface area contributed by atoms with E-state index in [4.69, 9.17) is 10.2 Å². The average Bonchev–Trinajstić information content (AvgIpc) is 2.28. The largest absolute Gasteiger partial charge is 0.480 e. The van der Waals surface area contributed by atoms with Crippen LogP contribution in [0, 0.1) is 0 Å². The molecule has 1 saturated heterocycles. The minimum absolute atomic E-state index is 0.0142. The van der Waals surface area contributed by atoms with Gasteiger partial charge >= 0.3 is 12.0 Å². The van der Waals surface area contributed by atoms with Crippen molar-refractivity contribution in [2.45, 2.75) is 24.9 Å². The van der Waals surface area contributed by atoms with E-state index in [0.29, 0.717) is 12.8 Å². The van der Waals surface area contributed by atoms with Gasteiger partial charge in [-0.25, -0.2) is 18.0 Å². The summed E-state index contributed by atoms with van der Waals surface area (Å²) in [5, 5.41) is 21.9. The molecule has 2 amide bonds. The number of carbonyl (C=O) groups excluding carboxylic acids is 1. The van der Waals surface area contributed by atoms with Crippen molar-refractivity contribution in [1.82, 2.24) is 10.6 Å². The highest BCUT2D eigenvalue weighted by Gasteiger charge is 2.26. The lowest BCUT2D eigenvalue weighted by molar-refractivity contribution is -0.140. The minimum atomic E-state index is -3.00. The van der Waals surface area contributed by atoms with E-state index in [2.05, 4.69) is 10.6 Å². The first-order valence-corrected chi connectivity index (χ1v) is 7.27. The van der Waals surface area contributed by atoms with E-state index < -0.39 is 34.5 Å². The summed E-state index contributed by atoms with van der Waals surface area (Å²) in [4.78, 5) is 22.0. The van der Waals surface area contributed by atoms with Crippen LogP contribution in [-0.4, -0.2) is 60.8 Å². The summed E-state index contributed by atoms with van der Waals surface area (Å²) >= 11 is 0. The van der Waals surface area contributed by atoms with Crippen LogP contribution in [0.25, 0.3) is 0 Å². The van der Waals surface area contributed by atoms with E-state index in [1.54, 1.807) is 0 Å². The third-order valence-electron chi connectivity index (χ3n) is 2.68. The molecule has 0 aliphatic carbocycles. The fraction of sp³-hybridized carbons (Fsp3) is 0.778. The molecule has 8 nitrogen and oxygen atoms in total. The number of hydrogen-bond acceptors (Lipinski definition) is 5. The minimum Gasteiger partial charge on any atom is -0.480 e. The molecule has 104 valence electrons. The summed E-state index contributed by atoms with van der Waals surface area (Å²) in [7, 11) is -3.00. The summed E-state index contributed by atoms with van der Waals surface area (Å²) in [5.41, 5.74) is 0. The Morgan fingerprint density at radius 3 is 2.28 bits per heavy atom. The summed E-state index contributed by atoms with van der Waals surface area (Å²) in [5.74, 6) is -1.31. The molecule has 0 unspecified atom stereocenters. The van der Waals surface area contributed by atoms with Crippen LogP contribution in [0.5, 0.6) is 0 Å². The monoisotopic (exact) mass is 280 g/mol. The molecular formula is C9H16N2O6S. The maximum absolute atomic E-state index is 11.4. The van der Waals surface area contributed by atoms with Gasteiger partial charge in [-0.2, -0.15) is 0 Å². The first kappa shape index (κ1) is 14.7. The second kappa shape index (κ2) is 6.01. The molecular weight excluding hydrogens is 264 g/mol. The van der Waals surface area contributed by atoms with E-state index >= 15 is 0 Å². The Kier molecular flexibility index (Phi) is 4.91. The number of sulfone groups is 1. The quantitative estimate of drug-likeness (QED) is 0.485. The lowest BCUT2D eigenvalue weighted by Gasteiger charge is -2.23. The molecule has 0 aromatic heterocycles. The van der Waals surface area contributed by atoms with Gasteiger partial charge < -0.3 is 20.8 Å². The van der Waals surface area contributed by atoms with E-state index in [1.165, 1.54) is 0 Å². The Morgan fingerprint density at radius 1 is 1.28 bits per heavy atom. The van der Waals surface area contributed by atoms with Gasteiger partial charge in [0, 0.05) is 6.04 Å². The summed E-state index contributed by atoms with van der Waals surface area (Å²) in [6.07, 6.45) is 0.624.